The number of carbonyl (C=O) groups excluding carboxylic acids is 1. The maximum atomic E-state index is 12.4. The SMILES string of the molecule is CC(NC(=O)c1ccc(-c2ccc3c(c2)OCCO3)s1)c1ccco1. The highest BCUT2D eigenvalue weighted by atomic mass is 32.1. The molecule has 0 bridgehead atoms. The van der Waals surface area contributed by atoms with Crippen molar-refractivity contribution in [2.45, 2.75) is 13.0 Å². The van der Waals surface area contributed by atoms with Crippen LogP contribution in [0.1, 0.15) is 28.4 Å². The molecule has 1 aliphatic heterocycles. The molecule has 0 saturated heterocycles. The third-order valence-electron chi connectivity index (χ3n) is 3.97. The van der Waals surface area contributed by atoms with E-state index >= 15 is 0 Å². The summed E-state index contributed by atoms with van der Waals surface area (Å²) < 4.78 is 16.5. The zero-order chi connectivity index (χ0) is 17.2. The van der Waals surface area contributed by atoms with E-state index in [9.17, 15) is 4.79 Å². The molecule has 1 amide bonds. The van der Waals surface area contributed by atoms with E-state index in [0.717, 1.165) is 27.7 Å². The second-order valence-corrected chi connectivity index (χ2v) is 6.82. The summed E-state index contributed by atoms with van der Waals surface area (Å²) in [6, 6.07) is 13.1. The molecule has 0 aliphatic carbocycles. The normalized spacial score (nSPS) is 14.1. The number of ether oxygens (including phenoxy) is 2. The van der Waals surface area contributed by atoms with Gasteiger partial charge in [-0.2, -0.15) is 0 Å². The van der Waals surface area contributed by atoms with Gasteiger partial charge in [-0.05, 0) is 55.0 Å². The number of benzene rings is 1. The lowest BCUT2D eigenvalue weighted by Crippen LogP contribution is -2.25. The van der Waals surface area contributed by atoms with Crippen LogP contribution in [0.3, 0.4) is 0 Å². The fraction of sp³-hybridized carbons (Fsp3) is 0.211. The molecular formula is C19H17NO4S. The molecule has 1 aliphatic rings. The molecule has 0 radical (unpaired) electrons. The average molecular weight is 355 g/mol. The highest BCUT2D eigenvalue weighted by Crippen LogP contribution is 2.37. The molecule has 128 valence electrons. The van der Waals surface area contributed by atoms with E-state index in [2.05, 4.69) is 5.32 Å². The molecule has 1 unspecified atom stereocenters. The van der Waals surface area contributed by atoms with E-state index in [1.165, 1.54) is 11.3 Å². The Kier molecular flexibility index (Phi) is 4.19. The number of carbonyl (C=O) groups is 1. The molecule has 4 rings (SSSR count). The molecule has 0 saturated carbocycles. The Balaban J connectivity index is 1.51. The minimum absolute atomic E-state index is 0.113. The van der Waals surface area contributed by atoms with E-state index < -0.39 is 0 Å². The molecule has 25 heavy (non-hydrogen) atoms. The molecule has 1 atom stereocenters. The van der Waals surface area contributed by atoms with Crippen LogP contribution in [0.15, 0.2) is 53.1 Å². The van der Waals surface area contributed by atoms with Crippen LogP contribution < -0.4 is 14.8 Å². The van der Waals surface area contributed by atoms with Crippen molar-refractivity contribution >= 4 is 17.2 Å². The smallest absolute Gasteiger partial charge is 0.261 e. The van der Waals surface area contributed by atoms with E-state index in [1.807, 2.05) is 49.4 Å². The number of furan rings is 1. The third kappa shape index (κ3) is 3.25. The Labute approximate surface area is 149 Å². The molecule has 3 heterocycles. The van der Waals surface area contributed by atoms with Gasteiger partial charge in [-0.3, -0.25) is 4.79 Å². The van der Waals surface area contributed by atoms with Crippen LogP contribution in [-0.4, -0.2) is 19.1 Å². The molecular weight excluding hydrogens is 338 g/mol. The maximum Gasteiger partial charge on any atom is 0.261 e. The summed E-state index contributed by atoms with van der Waals surface area (Å²) in [7, 11) is 0. The number of rotatable bonds is 4. The second kappa shape index (κ2) is 6.64. The Hall–Kier alpha value is -2.73. The first-order valence-corrected chi connectivity index (χ1v) is 8.86. The van der Waals surface area contributed by atoms with Crippen molar-refractivity contribution in [3.8, 4) is 21.9 Å². The number of hydrogen-bond acceptors (Lipinski definition) is 5. The van der Waals surface area contributed by atoms with Crippen molar-refractivity contribution in [2.24, 2.45) is 0 Å². The molecule has 0 fully saturated rings. The van der Waals surface area contributed by atoms with Gasteiger partial charge in [0.2, 0.25) is 0 Å². The lowest BCUT2D eigenvalue weighted by Gasteiger charge is -2.18. The van der Waals surface area contributed by atoms with Crippen LogP contribution >= 0.6 is 11.3 Å². The Morgan fingerprint density at radius 3 is 2.76 bits per heavy atom. The Morgan fingerprint density at radius 2 is 1.96 bits per heavy atom. The van der Waals surface area contributed by atoms with Gasteiger partial charge in [0.05, 0.1) is 17.2 Å². The first kappa shape index (κ1) is 15.8. The van der Waals surface area contributed by atoms with Crippen LogP contribution in [0, 0.1) is 0 Å². The summed E-state index contributed by atoms with van der Waals surface area (Å²) in [6.45, 7) is 3.02. The van der Waals surface area contributed by atoms with Gasteiger partial charge in [0, 0.05) is 4.88 Å². The second-order valence-electron chi connectivity index (χ2n) is 5.73. The quantitative estimate of drug-likeness (QED) is 0.759. The first-order chi connectivity index (χ1) is 12.2. The van der Waals surface area contributed by atoms with E-state index in [1.54, 1.807) is 6.26 Å². The van der Waals surface area contributed by atoms with Crippen LogP contribution in [0.5, 0.6) is 11.5 Å². The predicted molar refractivity (Wildman–Crippen MR) is 95.3 cm³/mol. The van der Waals surface area contributed by atoms with Gasteiger partial charge >= 0.3 is 0 Å². The van der Waals surface area contributed by atoms with Gasteiger partial charge in [0.15, 0.2) is 11.5 Å². The lowest BCUT2D eigenvalue weighted by molar-refractivity contribution is 0.0939. The number of fused-ring (bicyclic) bond motifs is 1. The van der Waals surface area contributed by atoms with Crippen LogP contribution in [0.2, 0.25) is 0 Å². The zero-order valence-electron chi connectivity index (χ0n) is 13.7. The molecule has 3 aromatic rings. The zero-order valence-corrected chi connectivity index (χ0v) is 14.5. The van der Waals surface area contributed by atoms with Crippen molar-refractivity contribution in [1.29, 1.82) is 0 Å². The molecule has 5 nitrogen and oxygen atoms in total. The molecule has 6 heteroatoms. The Morgan fingerprint density at radius 1 is 1.12 bits per heavy atom. The van der Waals surface area contributed by atoms with Crippen LogP contribution in [0.4, 0.5) is 0 Å². The largest absolute Gasteiger partial charge is 0.486 e. The van der Waals surface area contributed by atoms with Crippen molar-refractivity contribution in [3.05, 3.63) is 59.4 Å². The number of amides is 1. The number of thiophene rings is 1. The fourth-order valence-corrected chi connectivity index (χ4v) is 3.59. The maximum absolute atomic E-state index is 12.4. The monoisotopic (exact) mass is 355 g/mol. The summed E-state index contributed by atoms with van der Waals surface area (Å²) >= 11 is 1.44. The lowest BCUT2D eigenvalue weighted by atomic mass is 10.1. The van der Waals surface area contributed by atoms with Gasteiger partial charge < -0.3 is 19.2 Å². The standard InChI is InChI=1S/C19H17NO4S/c1-12(14-3-2-8-22-14)20-19(21)18-7-6-17(25-18)13-4-5-15-16(11-13)24-10-9-23-15/h2-8,11-12H,9-10H2,1H3,(H,20,21). The minimum Gasteiger partial charge on any atom is -0.486 e. The molecule has 1 N–H and O–H groups in total. The number of hydrogen-bond donors (Lipinski definition) is 1. The fourth-order valence-electron chi connectivity index (χ4n) is 2.69. The van der Waals surface area contributed by atoms with Gasteiger partial charge in [-0.1, -0.05) is 0 Å². The van der Waals surface area contributed by atoms with Crippen molar-refractivity contribution in [3.63, 3.8) is 0 Å². The summed E-state index contributed by atoms with van der Waals surface area (Å²) in [4.78, 5) is 14.1. The van der Waals surface area contributed by atoms with Crippen molar-refractivity contribution < 1.29 is 18.7 Å². The topological polar surface area (TPSA) is 60.7 Å². The van der Waals surface area contributed by atoms with E-state index in [0.29, 0.717) is 18.1 Å². The van der Waals surface area contributed by atoms with Gasteiger partial charge in [-0.25, -0.2) is 0 Å². The summed E-state index contributed by atoms with van der Waals surface area (Å²) in [5.41, 5.74) is 1.01. The Bertz CT molecular complexity index is 885. The van der Waals surface area contributed by atoms with Crippen molar-refractivity contribution in [2.75, 3.05) is 13.2 Å². The summed E-state index contributed by atoms with van der Waals surface area (Å²) in [5, 5.41) is 2.95. The van der Waals surface area contributed by atoms with Gasteiger partial charge in [0.1, 0.15) is 19.0 Å². The van der Waals surface area contributed by atoms with Crippen molar-refractivity contribution in [1.82, 2.24) is 5.32 Å². The highest BCUT2D eigenvalue weighted by molar-refractivity contribution is 7.17. The van der Waals surface area contributed by atoms with Crippen LogP contribution in [-0.2, 0) is 0 Å². The molecule has 1 aromatic carbocycles. The van der Waals surface area contributed by atoms with E-state index in [4.69, 9.17) is 13.9 Å². The van der Waals surface area contributed by atoms with E-state index in [-0.39, 0.29) is 11.9 Å². The highest BCUT2D eigenvalue weighted by Gasteiger charge is 2.17. The molecule has 0 spiro atoms. The summed E-state index contributed by atoms with van der Waals surface area (Å²) in [6.07, 6.45) is 1.60. The minimum atomic E-state index is -0.178. The molecule has 2 aromatic heterocycles. The average Bonchev–Trinajstić information content (AvgIpc) is 3.33. The summed E-state index contributed by atoms with van der Waals surface area (Å²) in [5.74, 6) is 2.13. The van der Waals surface area contributed by atoms with Gasteiger partial charge in [0.25, 0.3) is 5.91 Å². The first-order valence-electron chi connectivity index (χ1n) is 8.05. The number of nitrogens with one attached hydrogen (secondary N) is 1. The third-order valence-corrected chi connectivity index (χ3v) is 5.11. The predicted octanol–water partition coefficient (Wildman–Crippen LogP) is 4.27. The van der Waals surface area contributed by atoms with Crippen LogP contribution in [0.25, 0.3) is 10.4 Å². The van der Waals surface area contributed by atoms with Gasteiger partial charge in [-0.15, -0.1) is 11.3 Å².